The zero-order valence-electron chi connectivity index (χ0n) is 16.6. The first-order chi connectivity index (χ1) is 14.0. The predicted octanol–water partition coefficient (Wildman–Crippen LogP) is 4.20. The van der Waals surface area contributed by atoms with E-state index in [9.17, 15) is 14.4 Å². The fraction of sp³-hybridized carbons (Fsp3) is 0.292. The molecule has 2 aromatic carbocycles. The largest absolute Gasteiger partial charge is 0.322 e. The van der Waals surface area contributed by atoms with Crippen LogP contribution in [0.15, 0.2) is 60.7 Å². The Morgan fingerprint density at radius 1 is 1.07 bits per heavy atom. The molecule has 2 aliphatic rings. The standard InChI is InChI=1S/C24H24N2O3/c1-3-16-10-4-6-13-19(16)25-22(27)17-11-5-7-14-20(17)26-23(28)18-12-8-9-15(2)21(18)24(26)29/h4-11,13-15,18,21H,3,12H2,1-2H3,(H,25,27)/t15-,18-,21-/m0/s1. The number of imide groups is 1. The van der Waals surface area contributed by atoms with E-state index in [1.54, 1.807) is 24.3 Å². The zero-order chi connectivity index (χ0) is 20.5. The number of rotatable bonds is 4. The van der Waals surface area contributed by atoms with E-state index in [1.165, 1.54) is 4.90 Å². The predicted molar refractivity (Wildman–Crippen MR) is 113 cm³/mol. The maximum atomic E-state index is 13.1. The molecule has 29 heavy (non-hydrogen) atoms. The van der Waals surface area contributed by atoms with Crippen molar-refractivity contribution < 1.29 is 14.4 Å². The Morgan fingerprint density at radius 3 is 2.55 bits per heavy atom. The number of nitrogens with zero attached hydrogens (tertiary/aromatic N) is 1. The molecule has 1 N–H and O–H groups in total. The van der Waals surface area contributed by atoms with Crippen molar-refractivity contribution in [3.63, 3.8) is 0 Å². The van der Waals surface area contributed by atoms with Crippen molar-refractivity contribution in [2.45, 2.75) is 26.7 Å². The Labute approximate surface area is 170 Å². The normalized spacial score (nSPS) is 23.2. The van der Waals surface area contributed by atoms with Crippen LogP contribution in [0.3, 0.4) is 0 Å². The smallest absolute Gasteiger partial charge is 0.257 e. The summed E-state index contributed by atoms with van der Waals surface area (Å²) >= 11 is 0. The molecule has 5 heteroatoms. The summed E-state index contributed by atoms with van der Waals surface area (Å²) in [6, 6.07) is 14.4. The maximum Gasteiger partial charge on any atom is 0.257 e. The summed E-state index contributed by atoms with van der Waals surface area (Å²) in [5, 5.41) is 2.94. The monoisotopic (exact) mass is 388 g/mol. The number of amides is 3. The van der Waals surface area contributed by atoms with Gasteiger partial charge in [0.25, 0.3) is 5.91 Å². The molecule has 1 saturated heterocycles. The van der Waals surface area contributed by atoms with Crippen LogP contribution in [0.5, 0.6) is 0 Å². The minimum Gasteiger partial charge on any atom is -0.322 e. The van der Waals surface area contributed by atoms with E-state index < -0.39 is 0 Å². The van der Waals surface area contributed by atoms with Crippen LogP contribution in [0, 0.1) is 17.8 Å². The fourth-order valence-electron chi connectivity index (χ4n) is 4.39. The zero-order valence-corrected chi connectivity index (χ0v) is 16.6. The van der Waals surface area contributed by atoms with Gasteiger partial charge in [-0.05, 0) is 42.5 Å². The van der Waals surface area contributed by atoms with Crippen molar-refractivity contribution in [3.05, 3.63) is 71.8 Å². The highest BCUT2D eigenvalue weighted by Crippen LogP contribution is 2.41. The van der Waals surface area contributed by atoms with Crippen LogP contribution in [0.2, 0.25) is 0 Å². The van der Waals surface area contributed by atoms with E-state index in [0.29, 0.717) is 17.7 Å². The molecule has 4 rings (SSSR count). The van der Waals surface area contributed by atoms with E-state index in [4.69, 9.17) is 0 Å². The fourth-order valence-corrected chi connectivity index (χ4v) is 4.39. The average Bonchev–Trinajstić information content (AvgIpc) is 2.99. The summed E-state index contributed by atoms with van der Waals surface area (Å²) in [5.74, 6) is -1.46. The van der Waals surface area contributed by atoms with E-state index in [-0.39, 0.29) is 35.5 Å². The molecule has 0 saturated carbocycles. The van der Waals surface area contributed by atoms with E-state index in [2.05, 4.69) is 5.32 Å². The molecule has 2 aromatic rings. The minimum atomic E-state index is -0.357. The van der Waals surface area contributed by atoms with E-state index in [1.807, 2.05) is 50.3 Å². The molecular weight excluding hydrogens is 364 g/mol. The summed E-state index contributed by atoms with van der Waals surface area (Å²) in [4.78, 5) is 40.5. The van der Waals surface area contributed by atoms with Crippen LogP contribution >= 0.6 is 0 Å². The number of carbonyl (C=O) groups is 3. The molecule has 1 fully saturated rings. The first kappa shape index (κ1) is 19.1. The highest BCUT2D eigenvalue weighted by atomic mass is 16.2. The lowest BCUT2D eigenvalue weighted by molar-refractivity contribution is -0.122. The summed E-state index contributed by atoms with van der Waals surface area (Å²) in [7, 11) is 0. The first-order valence-electron chi connectivity index (χ1n) is 10.1. The Bertz CT molecular complexity index is 1010. The Morgan fingerprint density at radius 2 is 1.79 bits per heavy atom. The van der Waals surface area contributed by atoms with Crippen LogP contribution in [0.4, 0.5) is 11.4 Å². The molecule has 5 nitrogen and oxygen atoms in total. The molecular formula is C24H24N2O3. The number of para-hydroxylation sites is 2. The summed E-state index contributed by atoms with van der Waals surface area (Å²) in [5.41, 5.74) is 2.44. The molecule has 3 amide bonds. The second-order valence-corrected chi connectivity index (χ2v) is 7.65. The van der Waals surface area contributed by atoms with Gasteiger partial charge in [-0.1, -0.05) is 56.3 Å². The van der Waals surface area contributed by atoms with Crippen molar-refractivity contribution in [2.24, 2.45) is 17.8 Å². The van der Waals surface area contributed by atoms with Crippen LogP contribution < -0.4 is 10.2 Å². The van der Waals surface area contributed by atoms with Gasteiger partial charge in [-0.3, -0.25) is 14.4 Å². The third kappa shape index (κ3) is 3.27. The summed E-state index contributed by atoms with van der Waals surface area (Å²) < 4.78 is 0. The maximum absolute atomic E-state index is 13.1. The lowest BCUT2D eigenvalue weighted by Crippen LogP contribution is -2.33. The lowest BCUT2D eigenvalue weighted by Gasteiger charge is -2.22. The lowest BCUT2D eigenvalue weighted by atomic mass is 9.78. The number of hydrogen-bond donors (Lipinski definition) is 1. The van der Waals surface area contributed by atoms with Crippen molar-refractivity contribution >= 4 is 29.1 Å². The van der Waals surface area contributed by atoms with Gasteiger partial charge in [0, 0.05) is 5.69 Å². The van der Waals surface area contributed by atoms with E-state index in [0.717, 1.165) is 17.7 Å². The van der Waals surface area contributed by atoms with Gasteiger partial charge in [0.1, 0.15) is 0 Å². The molecule has 0 bridgehead atoms. The molecule has 1 heterocycles. The second kappa shape index (κ2) is 7.66. The van der Waals surface area contributed by atoms with Crippen molar-refractivity contribution in [3.8, 4) is 0 Å². The van der Waals surface area contributed by atoms with Crippen LogP contribution in [-0.4, -0.2) is 17.7 Å². The molecule has 3 atom stereocenters. The van der Waals surface area contributed by atoms with Gasteiger partial charge in [0.05, 0.1) is 23.1 Å². The quantitative estimate of drug-likeness (QED) is 0.630. The van der Waals surface area contributed by atoms with Crippen LogP contribution in [0.25, 0.3) is 0 Å². The second-order valence-electron chi connectivity index (χ2n) is 7.65. The molecule has 0 spiro atoms. The van der Waals surface area contributed by atoms with Gasteiger partial charge in [-0.15, -0.1) is 0 Å². The number of carbonyl (C=O) groups excluding carboxylic acids is 3. The van der Waals surface area contributed by atoms with Gasteiger partial charge >= 0.3 is 0 Å². The molecule has 0 aromatic heterocycles. The van der Waals surface area contributed by atoms with Crippen LogP contribution in [0.1, 0.15) is 36.2 Å². The highest BCUT2D eigenvalue weighted by Gasteiger charge is 2.51. The highest BCUT2D eigenvalue weighted by molar-refractivity contribution is 6.25. The topological polar surface area (TPSA) is 66.5 Å². The van der Waals surface area contributed by atoms with Gasteiger partial charge in [-0.2, -0.15) is 0 Å². The van der Waals surface area contributed by atoms with Crippen molar-refractivity contribution in [2.75, 3.05) is 10.2 Å². The summed E-state index contributed by atoms with van der Waals surface area (Å²) in [6.07, 6.45) is 5.32. The molecule has 148 valence electrons. The number of anilines is 2. The number of allylic oxidation sites excluding steroid dienone is 2. The molecule has 0 unspecified atom stereocenters. The Balaban J connectivity index is 1.68. The molecule has 0 radical (unpaired) electrons. The van der Waals surface area contributed by atoms with Crippen molar-refractivity contribution in [1.82, 2.24) is 0 Å². The number of benzene rings is 2. The third-order valence-electron chi connectivity index (χ3n) is 5.91. The number of fused-ring (bicyclic) bond motifs is 1. The minimum absolute atomic E-state index is 0.00706. The average molecular weight is 388 g/mol. The van der Waals surface area contributed by atoms with Crippen LogP contribution in [-0.2, 0) is 16.0 Å². The van der Waals surface area contributed by atoms with Gasteiger partial charge in [0.15, 0.2) is 0 Å². The SMILES string of the molecule is CCc1ccccc1NC(=O)c1ccccc1N1C(=O)[C@@H]2[C@H](CC=C[C@@H]2C)C1=O. The van der Waals surface area contributed by atoms with E-state index >= 15 is 0 Å². The first-order valence-corrected chi connectivity index (χ1v) is 10.1. The molecule has 1 aliphatic heterocycles. The number of hydrogen-bond acceptors (Lipinski definition) is 3. The van der Waals surface area contributed by atoms with Gasteiger partial charge < -0.3 is 5.32 Å². The van der Waals surface area contributed by atoms with Crippen molar-refractivity contribution in [1.29, 1.82) is 0 Å². The third-order valence-corrected chi connectivity index (χ3v) is 5.91. The van der Waals surface area contributed by atoms with Gasteiger partial charge in [-0.25, -0.2) is 4.90 Å². The Kier molecular flexibility index (Phi) is 5.05. The Hall–Kier alpha value is -3.21. The number of nitrogens with one attached hydrogen (secondary N) is 1. The molecule has 1 aliphatic carbocycles. The van der Waals surface area contributed by atoms with Gasteiger partial charge in [0.2, 0.25) is 11.8 Å². The number of aryl methyl sites for hydroxylation is 1. The summed E-state index contributed by atoms with van der Waals surface area (Å²) in [6.45, 7) is 3.99.